The summed E-state index contributed by atoms with van der Waals surface area (Å²) in [6, 6.07) is -1.29. The molecule has 112 valence electrons. The van der Waals surface area contributed by atoms with E-state index in [1.807, 2.05) is 13.8 Å². The van der Waals surface area contributed by atoms with Crippen LogP contribution in [0.25, 0.3) is 0 Å². The summed E-state index contributed by atoms with van der Waals surface area (Å²) in [6.45, 7) is 7.53. The highest BCUT2D eigenvalue weighted by molar-refractivity contribution is 5.82. The second-order valence-corrected chi connectivity index (χ2v) is 4.57. The van der Waals surface area contributed by atoms with E-state index in [9.17, 15) is 9.59 Å². The van der Waals surface area contributed by atoms with Crippen molar-refractivity contribution < 1.29 is 19.4 Å². The Labute approximate surface area is 114 Å². The molecule has 0 saturated heterocycles. The molecule has 2 atom stereocenters. The SMILES string of the molecule is CCCOCCCNC(=O)N[C@H](C(=O)O)[C@@H](C)CC. The summed E-state index contributed by atoms with van der Waals surface area (Å²) in [7, 11) is 0. The largest absolute Gasteiger partial charge is 0.480 e. The molecule has 0 aromatic heterocycles. The summed E-state index contributed by atoms with van der Waals surface area (Å²) in [5.41, 5.74) is 0. The highest BCUT2D eigenvalue weighted by Gasteiger charge is 2.24. The number of amides is 2. The summed E-state index contributed by atoms with van der Waals surface area (Å²) in [5, 5.41) is 14.1. The molecule has 0 aliphatic heterocycles. The van der Waals surface area contributed by atoms with E-state index in [0.29, 0.717) is 26.0 Å². The third-order valence-electron chi connectivity index (χ3n) is 2.87. The van der Waals surface area contributed by atoms with Crippen LogP contribution in [0.3, 0.4) is 0 Å². The average Bonchev–Trinajstić information content (AvgIpc) is 2.38. The Morgan fingerprint density at radius 2 is 1.95 bits per heavy atom. The van der Waals surface area contributed by atoms with Gasteiger partial charge in [0, 0.05) is 19.8 Å². The van der Waals surface area contributed by atoms with Crippen molar-refractivity contribution in [3.05, 3.63) is 0 Å². The van der Waals surface area contributed by atoms with Crippen LogP contribution in [0, 0.1) is 5.92 Å². The molecule has 0 bridgehead atoms. The fraction of sp³-hybridized carbons (Fsp3) is 0.846. The number of ether oxygens (including phenoxy) is 1. The van der Waals surface area contributed by atoms with Crippen LogP contribution in [0.2, 0.25) is 0 Å². The van der Waals surface area contributed by atoms with E-state index >= 15 is 0 Å². The number of carboxylic acids is 1. The number of hydrogen-bond acceptors (Lipinski definition) is 3. The minimum absolute atomic E-state index is 0.101. The Hall–Kier alpha value is -1.30. The molecule has 0 aromatic carbocycles. The maximum atomic E-state index is 11.5. The molecule has 2 amide bonds. The van der Waals surface area contributed by atoms with E-state index < -0.39 is 18.0 Å². The van der Waals surface area contributed by atoms with E-state index in [1.54, 1.807) is 6.92 Å². The summed E-state index contributed by atoms with van der Waals surface area (Å²) in [4.78, 5) is 22.6. The first-order chi connectivity index (χ1) is 9.02. The van der Waals surface area contributed by atoms with Crippen molar-refractivity contribution in [1.82, 2.24) is 10.6 Å². The molecule has 19 heavy (non-hydrogen) atoms. The lowest BCUT2D eigenvalue weighted by Crippen LogP contribution is -2.49. The molecule has 0 saturated carbocycles. The van der Waals surface area contributed by atoms with Crippen molar-refractivity contribution >= 4 is 12.0 Å². The van der Waals surface area contributed by atoms with Gasteiger partial charge in [0.1, 0.15) is 6.04 Å². The Balaban J connectivity index is 3.85. The smallest absolute Gasteiger partial charge is 0.326 e. The minimum Gasteiger partial charge on any atom is -0.480 e. The summed E-state index contributed by atoms with van der Waals surface area (Å²) < 4.78 is 5.27. The van der Waals surface area contributed by atoms with E-state index in [2.05, 4.69) is 10.6 Å². The molecule has 0 radical (unpaired) electrons. The zero-order valence-electron chi connectivity index (χ0n) is 12.1. The molecule has 0 heterocycles. The number of hydrogen-bond donors (Lipinski definition) is 3. The highest BCUT2D eigenvalue weighted by atomic mass is 16.5. The Bertz CT molecular complexity index is 271. The first-order valence-electron chi connectivity index (χ1n) is 6.87. The molecule has 3 N–H and O–H groups in total. The molecular weight excluding hydrogens is 248 g/mol. The van der Waals surface area contributed by atoms with E-state index in [0.717, 1.165) is 13.0 Å². The Morgan fingerprint density at radius 1 is 1.26 bits per heavy atom. The van der Waals surface area contributed by atoms with E-state index in [4.69, 9.17) is 9.84 Å². The van der Waals surface area contributed by atoms with Crippen molar-refractivity contribution in [3.63, 3.8) is 0 Å². The molecule has 0 aromatic rings. The van der Waals surface area contributed by atoms with Gasteiger partial charge in [-0.1, -0.05) is 27.2 Å². The molecule has 6 heteroatoms. The van der Waals surface area contributed by atoms with Gasteiger partial charge in [0.2, 0.25) is 0 Å². The van der Waals surface area contributed by atoms with Crippen LogP contribution in [0.15, 0.2) is 0 Å². The Morgan fingerprint density at radius 3 is 2.47 bits per heavy atom. The lowest BCUT2D eigenvalue weighted by atomic mass is 9.99. The number of aliphatic carboxylic acids is 1. The zero-order valence-corrected chi connectivity index (χ0v) is 12.1. The molecular formula is C13H26N2O4. The molecule has 6 nitrogen and oxygen atoms in total. The van der Waals surface area contributed by atoms with Gasteiger partial charge < -0.3 is 20.5 Å². The van der Waals surface area contributed by atoms with Crippen LogP contribution in [0.1, 0.15) is 40.0 Å². The Kier molecular flexibility index (Phi) is 9.88. The van der Waals surface area contributed by atoms with Crippen LogP contribution in [0.5, 0.6) is 0 Å². The summed E-state index contributed by atoms with van der Waals surface area (Å²) in [6.07, 6.45) is 2.39. The lowest BCUT2D eigenvalue weighted by Gasteiger charge is -2.20. The maximum absolute atomic E-state index is 11.5. The zero-order chi connectivity index (χ0) is 14.7. The van der Waals surface area contributed by atoms with E-state index in [-0.39, 0.29) is 5.92 Å². The fourth-order valence-corrected chi connectivity index (χ4v) is 1.50. The fourth-order valence-electron chi connectivity index (χ4n) is 1.50. The number of carbonyl (C=O) groups excluding carboxylic acids is 1. The van der Waals surface area contributed by atoms with Crippen molar-refractivity contribution in [2.75, 3.05) is 19.8 Å². The monoisotopic (exact) mass is 274 g/mol. The van der Waals surface area contributed by atoms with Crippen molar-refractivity contribution in [2.45, 2.75) is 46.1 Å². The summed E-state index contributed by atoms with van der Waals surface area (Å²) >= 11 is 0. The predicted molar refractivity (Wildman–Crippen MR) is 73.1 cm³/mol. The van der Waals surface area contributed by atoms with Gasteiger partial charge in [0.25, 0.3) is 0 Å². The van der Waals surface area contributed by atoms with Crippen LogP contribution in [-0.4, -0.2) is 42.9 Å². The lowest BCUT2D eigenvalue weighted by molar-refractivity contribution is -0.140. The minimum atomic E-state index is -1.00. The third kappa shape index (κ3) is 8.42. The molecule has 0 aliphatic carbocycles. The van der Waals surface area contributed by atoms with Gasteiger partial charge in [-0.15, -0.1) is 0 Å². The van der Waals surface area contributed by atoms with Crippen LogP contribution in [-0.2, 0) is 9.53 Å². The molecule has 0 unspecified atom stereocenters. The topological polar surface area (TPSA) is 87.7 Å². The van der Waals surface area contributed by atoms with Crippen molar-refractivity contribution in [1.29, 1.82) is 0 Å². The number of urea groups is 1. The van der Waals surface area contributed by atoms with Gasteiger partial charge in [-0.05, 0) is 18.8 Å². The highest BCUT2D eigenvalue weighted by Crippen LogP contribution is 2.07. The van der Waals surface area contributed by atoms with Crippen molar-refractivity contribution in [2.24, 2.45) is 5.92 Å². The van der Waals surface area contributed by atoms with Gasteiger partial charge in [0.05, 0.1) is 0 Å². The van der Waals surface area contributed by atoms with E-state index in [1.165, 1.54) is 0 Å². The summed E-state index contributed by atoms with van der Waals surface area (Å²) in [5.74, 6) is -1.10. The predicted octanol–water partition coefficient (Wildman–Crippen LogP) is 1.60. The standard InChI is InChI=1S/C13H26N2O4/c1-4-8-19-9-6-7-14-13(18)15-11(12(16)17)10(3)5-2/h10-11H,4-9H2,1-3H3,(H,16,17)(H2,14,15,18)/t10-,11-/m0/s1. The first kappa shape index (κ1) is 17.7. The van der Waals surface area contributed by atoms with Gasteiger partial charge >= 0.3 is 12.0 Å². The average molecular weight is 274 g/mol. The molecule has 0 fully saturated rings. The van der Waals surface area contributed by atoms with Gasteiger partial charge in [-0.25, -0.2) is 9.59 Å². The number of carbonyl (C=O) groups is 2. The number of carboxylic acid groups (broad SMARTS) is 1. The molecule has 0 rings (SSSR count). The van der Waals surface area contributed by atoms with Crippen molar-refractivity contribution in [3.8, 4) is 0 Å². The van der Waals surface area contributed by atoms with Crippen LogP contribution < -0.4 is 10.6 Å². The molecule has 0 aliphatic rings. The third-order valence-corrected chi connectivity index (χ3v) is 2.87. The van der Waals surface area contributed by atoms with Gasteiger partial charge in [-0.2, -0.15) is 0 Å². The second kappa shape index (κ2) is 10.6. The quantitative estimate of drug-likeness (QED) is 0.528. The van der Waals surface area contributed by atoms with Gasteiger partial charge in [0.15, 0.2) is 0 Å². The van der Waals surface area contributed by atoms with Crippen LogP contribution in [0.4, 0.5) is 4.79 Å². The number of rotatable bonds is 10. The first-order valence-corrected chi connectivity index (χ1v) is 6.87. The second-order valence-electron chi connectivity index (χ2n) is 4.57. The van der Waals surface area contributed by atoms with Gasteiger partial charge in [-0.3, -0.25) is 0 Å². The maximum Gasteiger partial charge on any atom is 0.326 e. The van der Waals surface area contributed by atoms with Crippen LogP contribution >= 0.6 is 0 Å². The number of nitrogens with one attached hydrogen (secondary N) is 2. The molecule has 0 spiro atoms. The normalized spacial score (nSPS) is 13.6.